The van der Waals surface area contributed by atoms with Crippen molar-refractivity contribution in [1.29, 1.82) is 0 Å². The molecule has 3 heteroatoms. The maximum atomic E-state index is 9.14. The summed E-state index contributed by atoms with van der Waals surface area (Å²) >= 11 is 1.98. The zero-order chi connectivity index (χ0) is 13.8. The molecule has 104 valence electrons. The molecular weight excluding hydrogens is 266 g/mol. The summed E-state index contributed by atoms with van der Waals surface area (Å²) in [5, 5.41) is 13.3. The van der Waals surface area contributed by atoms with E-state index < -0.39 is 0 Å². The monoisotopic (exact) mass is 285 g/mol. The minimum atomic E-state index is 0.113. The molecule has 1 aliphatic rings. The van der Waals surface area contributed by atoms with Gasteiger partial charge >= 0.3 is 0 Å². The molecule has 0 aliphatic carbocycles. The van der Waals surface area contributed by atoms with Crippen LogP contribution >= 0.6 is 11.8 Å². The first-order chi connectivity index (χ1) is 9.85. The third-order valence-electron chi connectivity index (χ3n) is 3.59. The molecular formula is C17H19NOS. The van der Waals surface area contributed by atoms with Crippen molar-refractivity contribution < 1.29 is 5.11 Å². The van der Waals surface area contributed by atoms with E-state index in [0.29, 0.717) is 5.25 Å². The Morgan fingerprint density at radius 1 is 1.10 bits per heavy atom. The highest BCUT2D eigenvalue weighted by atomic mass is 32.2. The van der Waals surface area contributed by atoms with Crippen LogP contribution in [0.5, 0.6) is 0 Å². The zero-order valence-corrected chi connectivity index (χ0v) is 12.2. The molecule has 0 aromatic heterocycles. The molecule has 1 aliphatic heterocycles. The second-order valence-electron chi connectivity index (χ2n) is 5.16. The van der Waals surface area contributed by atoms with Crippen LogP contribution in [0.2, 0.25) is 0 Å². The standard InChI is InChI=1S/C17H19NOS/c19-12-14-5-3-4-13(8-14)10-18-11-16-9-15-6-1-2-7-17(15)20-16/h1-8,16,18-19H,9-12H2. The molecule has 1 heterocycles. The van der Waals surface area contributed by atoms with Crippen LogP contribution in [0, 0.1) is 0 Å². The van der Waals surface area contributed by atoms with E-state index in [4.69, 9.17) is 5.11 Å². The first-order valence-electron chi connectivity index (χ1n) is 6.99. The molecule has 0 saturated heterocycles. The van der Waals surface area contributed by atoms with Gasteiger partial charge in [0.15, 0.2) is 0 Å². The van der Waals surface area contributed by atoms with Crippen LogP contribution in [0.15, 0.2) is 53.4 Å². The van der Waals surface area contributed by atoms with Gasteiger partial charge in [0.25, 0.3) is 0 Å². The van der Waals surface area contributed by atoms with Crippen LogP contribution in [0.3, 0.4) is 0 Å². The predicted molar refractivity (Wildman–Crippen MR) is 83.9 cm³/mol. The Morgan fingerprint density at radius 2 is 1.95 bits per heavy atom. The van der Waals surface area contributed by atoms with Crippen molar-refractivity contribution in [3.05, 3.63) is 65.2 Å². The smallest absolute Gasteiger partial charge is 0.0681 e. The fraction of sp³-hybridized carbons (Fsp3) is 0.294. The lowest BCUT2D eigenvalue weighted by Gasteiger charge is -2.10. The Kier molecular flexibility index (Phi) is 4.41. The second-order valence-corrected chi connectivity index (χ2v) is 6.50. The molecule has 2 nitrogen and oxygen atoms in total. The Hall–Kier alpha value is -1.29. The van der Waals surface area contributed by atoms with Gasteiger partial charge in [-0.1, -0.05) is 42.5 Å². The topological polar surface area (TPSA) is 32.3 Å². The Bertz CT molecular complexity index is 560. The summed E-state index contributed by atoms with van der Waals surface area (Å²) in [4.78, 5) is 1.43. The Morgan fingerprint density at radius 3 is 2.80 bits per heavy atom. The van der Waals surface area contributed by atoms with E-state index in [1.165, 1.54) is 16.0 Å². The molecule has 20 heavy (non-hydrogen) atoms. The lowest BCUT2D eigenvalue weighted by atomic mass is 10.1. The average Bonchev–Trinajstić information content (AvgIpc) is 2.90. The zero-order valence-electron chi connectivity index (χ0n) is 11.4. The Balaban J connectivity index is 1.49. The number of thioether (sulfide) groups is 1. The number of benzene rings is 2. The summed E-state index contributed by atoms with van der Waals surface area (Å²) in [6.45, 7) is 1.99. The highest BCUT2D eigenvalue weighted by Gasteiger charge is 2.20. The van der Waals surface area contributed by atoms with Gasteiger partial charge in [-0.3, -0.25) is 0 Å². The second kappa shape index (κ2) is 6.44. The van der Waals surface area contributed by atoms with Crippen molar-refractivity contribution in [1.82, 2.24) is 5.32 Å². The first-order valence-corrected chi connectivity index (χ1v) is 7.87. The summed E-state index contributed by atoms with van der Waals surface area (Å²) in [7, 11) is 0. The van der Waals surface area contributed by atoms with Crippen LogP contribution < -0.4 is 5.32 Å². The molecule has 0 spiro atoms. The number of hydrogen-bond donors (Lipinski definition) is 2. The molecule has 2 aromatic rings. The average molecular weight is 285 g/mol. The number of nitrogens with one attached hydrogen (secondary N) is 1. The SMILES string of the molecule is OCc1cccc(CNCC2Cc3ccccc3S2)c1. The molecule has 1 atom stereocenters. The van der Waals surface area contributed by atoms with Gasteiger partial charge in [-0.15, -0.1) is 11.8 Å². The van der Waals surface area contributed by atoms with Gasteiger partial charge in [0, 0.05) is 23.2 Å². The number of aliphatic hydroxyl groups excluding tert-OH is 1. The van der Waals surface area contributed by atoms with E-state index >= 15 is 0 Å². The van der Waals surface area contributed by atoms with Crippen molar-refractivity contribution in [3.8, 4) is 0 Å². The van der Waals surface area contributed by atoms with Crippen LogP contribution in [0.1, 0.15) is 16.7 Å². The minimum absolute atomic E-state index is 0.113. The molecule has 3 rings (SSSR count). The molecule has 0 fully saturated rings. The maximum absolute atomic E-state index is 9.14. The van der Waals surface area contributed by atoms with Gasteiger partial charge < -0.3 is 10.4 Å². The van der Waals surface area contributed by atoms with Gasteiger partial charge in [0.1, 0.15) is 0 Å². The van der Waals surface area contributed by atoms with E-state index in [2.05, 4.69) is 41.7 Å². The van der Waals surface area contributed by atoms with E-state index in [1.54, 1.807) is 0 Å². The van der Waals surface area contributed by atoms with Crippen LogP contribution in [0.25, 0.3) is 0 Å². The van der Waals surface area contributed by atoms with E-state index in [1.807, 2.05) is 23.9 Å². The molecule has 0 bridgehead atoms. The van der Waals surface area contributed by atoms with Gasteiger partial charge in [-0.2, -0.15) is 0 Å². The van der Waals surface area contributed by atoms with Gasteiger partial charge in [0.05, 0.1) is 6.61 Å². The van der Waals surface area contributed by atoms with E-state index in [0.717, 1.165) is 25.1 Å². The fourth-order valence-corrected chi connectivity index (χ4v) is 3.87. The summed E-state index contributed by atoms with van der Waals surface area (Å²) in [6.07, 6.45) is 1.16. The predicted octanol–water partition coefficient (Wildman–Crippen LogP) is 2.99. The van der Waals surface area contributed by atoms with Crippen molar-refractivity contribution in [3.63, 3.8) is 0 Å². The lowest BCUT2D eigenvalue weighted by molar-refractivity contribution is 0.281. The molecule has 2 N–H and O–H groups in total. The van der Waals surface area contributed by atoms with Crippen LogP contribution in [0.4, 0.5) is 0 Å². The van der Waals surface area contributed by atoms with Crippen molar-refractivity contribution in [2.45, 2.75) is 29.7 Å². The third kappa shape index (κ3) is 3.23. The van der Waals surface area contributed by atoms with Crippen LogP contribution in [-0.2, 0) is 19.6 Å². The summed E-state index contributed by atoms with van der Waals surface area (Å²) in [6, 6.07) is 16.8. The molecule has 1 unspecified atom stereocenters. The minimum Gasteiger partial charge on any atom is -0.392 e. The van der Waals surface area contributed by atoms with Crippen molar-refractivity contribution in [2.24, 2.45) is 0 Å². The summed E-state index contributed by atoms with van der Waals surface area (Å²) in [5.74, 6) is 0. The molecule has 0 amide bonds. The summed E-state index contributed by atoms with van der Waals surface area (Å²) in [5.41, 5.74) is 3.69. The maximum Gasteiger partial charge on any atom is 0.0681 e. The molecule has 0 saturated carbocycles. The Labute approximate surface area is 124 Å². The van der Waals surface area contributed by atoms with Gasteiger partial charge in [-0.05, 0) is 29.2 Å². The third-order valence-corrected chi connectivity index (χ3v) is 4.91. The molecule has 0 radical (unpaired) electrons. The van der Waals surface area contributed by atoms with Crippen molar-refractivity contribution >= 4 is 11.8 Å². The van der Waals surface area contributed by atoms with Gasteiger partial charge in [0.2, 0.25) is 0 Å². The normalized spacial score (nSPS) is 17.1. The quantitative estimate of drug-likeness (QED) is 0.886. The van der Waals surface area contributed by atoms with E-state index in [-0.39, 0.29) is 6.61 Å². The van der Waals surface area contributed by atoms with Crippen molar-refractivity contribution in [2.75, 3.05) is 6.54 Å². The van der Waals surface area contributed by atoms with E-state index in [9.17, 15) is 0 Å². The fourth-order valence-electron chi connectivity index (χ4n) is 2.58. The number of aliphatic hydroxyl groups is 1. The lowest BCUT2D eigenvalue weighted by Crippen LogP contribution is -2.24. The molecule has 2 aromatic carbocycles. The number of hydrogen-bond acceptors (Lipinski definition) is 3. The highest BCUT2D eigenvalue weighted by Crippen LogP contribution is 2.36. The first kappa shape index (κ1) is 13.7. The number of rotatable bonds is 5. The summed E-state index contributed by atoms with van der Waals surface area (Å²) < 4.78 is 0. The van der Waals surface area contributed by atoms with Crippen LogP contribution in [-0.4, -0.2) is 16.9 Å². The number of fused-ring (bicyclic) bond motifs is 1. The largest absolute Gasteiger partial charge is 0.392 e. The van der Waals surface area contributed by atoms with Gasteiger partial charge in [-0.25, -0.2) is 0 Å². The highest BCUT2D eigenvalue weighted by molar-refractivity contribution is 8.00.